The number of aromatic nitrogens is 4. The van der Waals surface area contributed by atoms with Gasteiger partial charge in [-0.3, -0.25) is 14.8 Å². The molecule has 0 aliphatic carbocycles. The molecule has 0 spiro atoms. The highest BCUT2D eigenvalue weighted by Crippen LogP contribution is 2.35. The van der Waals surface area contributed by atoms with E-state index in [1.165, 1.54) is 6.33 Å². The van der Waals surface area contributed by atoms with Crippen molar-refractivity contribution in [2.45, 2.75) is 6.42 Å². The summed E-state index contributed by atoms with van der Waals surface area (Å²) in [6.07, 6.45) is 1.23. The Kier molecular flexibility index (Phi) is 10.3. The van der Waals surface area contributed by atoms with Crippen LogP contribution >= 0.6 is 0 Å². The van der Waals surface area contributed by atoms with Crippen LogP contribution in [-0.4, -0.2) is 89.8 Å². The fraction of sp³-hybridized carbons (Fsp3) is 0.333. The van der Waals surface area contributed by atoms with Crippen molar-refractivity contribution in [1.82, 2.24) is 25.1 Å². The van der Waals surface area contributed by atoms with Crippen LogP contribution in [0.4, 0.5) is 26.1 Å². The van der Waals surface area contributed by atoms with Gasteiger partial charge in [-0.2, -0.15) is 5.10 Å². The number of nitrogens with one attached hydrogen (secondary N) is 3. The van der Waals surface area contributed by atoms with E-state index >= 15 is 0 Å². The Morgan fingerprint density at radius 1 is 1.07 bits per heavy atom. The van der Waals surface area contributed by atoms with Gasteiger partial charge < -0.3 is 30.0 Å². The van der Waals surface area contributed by atoms with Gasteiger partial charge in [-0.25, -0.2) is 18.7 Å². The number of carbonyl (C=O) groups excluding carboxylic acids is 1. The van der Waals surface area contributed by atoms with Crippen LogP contribution in [0.2, 0.25) is 0 Å². The molecule has 1 amide bonds. The van der Waals surface area contributed by atoms with Crippen LogP contribution in [0.25, 0.3) is 10.9 Å². The zero-order valence-corrected chi connectivity index (χ0v) is 22.6. The lowest BCUT2D eigenvalue weighted by molar-refractivity contribution is -0.115. The van der Waals surface area contributed by atoms with Gasteiger partial charge in [-0.1, -0.05) is 0 Å². The van der Waals surface area contributed by atoms with Crippen molar-refractivity contribution in [3.05, 3.63) is 60.1 Å². The van der Waals surface area contributed by atoms with Crippen molar-refractivity contribution in [1.29, 1.82) is 0 Å². The third-order valence-corrected chi connectivity index (χ3v) is 6.03. The van der Waals surface area contributed by atoms with Crippen molar-refractivity contribution >= 4 is 34.1 Å². The van der Waals surface area contributed by atoms with Gasteiger partial charge in [-0.15, -0.1) is 0 Å². The van der Waals surface area contributed by atoms with Crippen molar-refractivity contribution < 1.29 is 32.9 Å². The van der Waals surface area contributed by atoms with Gasteiger partial charge in [0.25, 0.3) is 0 Å². The molecule has 2 aromatic carbocycles. The molecule has 12 nitrogen and oxygen atoms in total. The van der Waals surface area contributed by atoms with Crippen LogP contribution in [0, 0.1) is 11.6 Å². The number of amides is 1. The van der Waals surface area contributed by atoms with Gasteiger partial charge >= 0.3 is 0 Å². The number of halogens is 2. The monoisotopic (exact) mass is 571 g/mol. The van der Waals surface area contributed by atoms with E-state index in [1.54, 1.807) is 32.4 Å². The number of nitrogens with zero attached hydrogens (tertiary/aromatic N) is 4. The number of anilines is 3. The van der Waals surface area contributed by atoms with Crippen LogP contribution in [0.15, 0.2) is 42.7 Å². The van der Waals surface area contributed by atoms with Gasteiger partial charge in [0.05, 0.1) is 43.3 Å². The fourth-order valence-corrected chi connectivity index (χ4v) is 4.04. The first kappa shape index (κ1) is 29.6. The largest absolute Gasteiger partial charge is 0.497 e. The zero-order chi connectivity index (χ0) is 29.2. The number of aromatic amines is 1. The number of fused-ring (bicyclic) bond motifs is 1. The van der Waals surface area contributed by atoms with Crippen LogP contribution in [0.5, 0.6) is 11.5 Å². The molecule has 41 heavy (non-hydrogen) atoms. The van der Waals surface area contributed by atoms with Gasteiger partial charge in [0.1, 0.15) is 41.9 Å². The fourth-order valence-electron chi connectivity index (χ4n) is 4.04. The maximum atomic E-state index is 13.9. The average Bonchev–Trinajstić information content (AvgIpc) is 3.39. The molecule has 4 aromatic rings. The number of hydrogen-bond acceptors (Lipinski definition) is 10. The van der Waals surface area contributed by atoms with Gasteiger partial charge in [0.15, 0.2) is 5.82 Å². The van der Waals surface area contributed by atoms with Crippen LogP contribution < -0.4 is 20.1 Å². The molecule has 0 bridgehead atoms. The maximum absolute atomic E-state index is 13.9. The zero-order valence-electron chi connectivity index (χ0n) is 22.6. The molecule has 4 N–H and O–H groups in total. The van der Waals surface area contributed by atoms with Crippen molar-refractivity contribution in [2.24, 2.45) is 0 Å². The summed E-state index contributed by atoms with van der Waals surface area (Å²) in [5, 5.41) is 22.3. The number of methoxy groups -OCH3 is 2. The maximum Gasteiger partial charge on any atom is 0.230 e. The Hall–Kier alpha value is -4.40. The first-order chi connectivity index (χ1) is 19.9. The molecule has 14 heteroatoms. The van der Waals surface area contributed by atoms with Crippen LogP contribution in [0.3, 0.4) is 0 Å². The molecule has 2 aromatic heterocycles. The summed E-state index contributed by atoms with van der Waals surface area (Å²) in [6.45, 7) is 2.53. The van der Waals surface area contributed by atoms with E-state index in [1.807, 2.05) is 4.90 Å². The summed E-state index contributed by atoms with van der Waals surface area (Å²) in [5.74, 6) is -0.170. The summed E-state index contributed by atoms with van der Waals surface area (Å²) < 4.78 is 44.0. The Bertz CT molecular complexity index is 1470. The van der Waals surface area contributed by atoms with E-state index in [4.69, 9.17) is 14.2 Å². The first-order valence-electron chi connectivity index (χ1n) is 12.7. The Morgan fingerprint density at radius 3 is 2.68 bits per heavy atom. The molecule has 0 saturated carbocycles. The van der Waals surface area contributed by atoms with Gasteiger partial charge in [-0.05, 0) is 12.1 Å². The second-order valence-electron chi connectivity index (χ2n) is 8.90. The molecule has 0 unspecified atom stereocenters. The van der Waals surface area contributed by atoms with E-state index in [0.717, 1.165) is 18.2 Å². The minimum absolute atomic E-state index is 0.0166. The molecular weight excluding hydrogens is 540 g/mol. The lowest BCUT2D eigenvalue weighted by Gasteiger charge is -2.21. The smallest absolute Gasteiger partial charge is 0.230 e. The number of aliphatic hydroxyl groups excluding tert-OH is 1. The Balaban J connectivity index is 1.49. The second-order valence-corrected chi connectivity index (χ2v) is 8.90. The van der Waals surface area contributed by atoms with E-state index < -0.39 is 17.5 Å². The third kappa shape index (κ3) is 8.06. The summed E-state index contributed by atoms with van der Waals surface area (Å²) in [5.41, 5.74) is 0.746. The quantitative estimate of drug-likeness (QED) is 0.168. The highest BCUT2D eigenvalue weighted by Gasteiger charge is 2.16. The minimum atomic E-state index is -0.743. The number of rotatable bonds is 15. The summed E-state index contributed by atoms with van der Waals surface area (Å²) >= 11 is 0. The molecule has 0 radical (unpaired) electrons. The van der Waals surface area contributed by atoms with Gasteiger partial charge in [0.2, 0.25) is 5.91 Å². The predicted molar refractivity (Wildman–Crippen MR) is 148 cm³/mol. The number of ether oxygens (including phenoxy) is 3. The molecule has 0 fully saturated rings. The molecule has 4 rings (SSSR count). The average molecular weight is 572 g/mol. The highest BCUT2D eigenvalue weighted by atomic mass is 19.1. The van der Waals surface area contributed by atoms with E-state index in [0.29, 0.717) is 72.6 Å². The Morgan fingerprint density at radius 2 is 1.90 bits per heavy atom. The van der Waals surface area contributed by atoms with Crippen molar-refractivity contribution in [2.75, 3.05) is 64.3 Å². The molecule has 0 aliphatic heterocycles. The first-order valence-corrected chi connectivity index (χ1v) is 12.7. The Labute approximate surface area is 234 Å². The number of H-pyrrole nitrogens is 1. The lowest BCUT2D eigenvalue weighted by atomic mass is 10.2. The van der Waals surface area contributed by atoms with Crippen molar-refractivity contribution in [3.8, 4) is 11.5 Å². The molecule has 218 valence electrons. The lowest BCUT2D eigenvalue weighted by Crippen LogP contribution is -2.33. The normalized spacial score (nSPS) is 11.2. The van der Waals surface area contributed by atoms with E-state index in [2.05, 4.69) is 30.8 Å². The van der Waals surface area contributed by atoms with E-state index in [-0.39, 0.29) is 18.7 Å². The molecular formula is C27H31F2N7O5. The molecule has 0 saturated heterocycles. The number of hydrogen-bond donors (Lipinski definition) is 4. The summed E-state index contributed by atoms with van der Waals surface area (Å²) in [4.78, 5) is 23.1. The van der Waals surface area contributed by atoms with Crippen LogP contribution in [0.1, 0.15) is 5.69 Å². The van der Waals surface area contributed by atoms with E-state index in [9.17, 15) is 18.7 Å². The number of aliphatic hydroxyl groups is 1. The highest BCUT2D eigenvalue weighted by molar-refractivity contribution is 5.96. The molecule has 0 aliphatic rings. The SMILES string of the molecule is COCCN(CCO)CCOc1cc(OC)cc2ncnc(Nc3cc(CC(=O)Nc4cc(F)ccc4F)[nH]n3)c12. The van der Waals surface area contributed by atoms with Gasteiger partial charge in [0, 0.05) is 56.7 Å². The number of benzene rings is 2. The molecule has 0 atom stereocenters. The standard InChI is InChI=1S/C27H31F2N7O5/c1-39-9-6-36(5-8-37)7-10-41-23-15-19(40-2)14-22-26(23)27(31-16-30-22)33-24-12-18(34-35-24)13-25(38)32-21-11-17(28)3-4-20(21)29/h3-4,11-12,14-16,37H,5-10,13H2,1-2H3,(H,32,38)(H2,30,31,33,34,35). The number of carbonyl (C=O) groups is 1. The third-order valence-electron chi connectivity index (χ3n) is 6.03. The topological polar surface area (TPSA) is 147 Å². The summed E-state index contributed by atoms with van der Waals surface area (Å²) in [7, 11) is 3.17. The van der Waals surface area contributed by atoms with Crippen molar-refractivity contribution in [3.63, 3.8) is 0 Å². The predicted octanol–water partition coefficient (Wildman–Crippen LogP) is 2.88. The molecule has 2 heterocycles. The minimum Gasteiger partial charge on any atom is -0.497 e. The second kappa shape index (κ2) is 14.3. The van der Waals surface area contributed by atoms with Crippen LogP contribution in [-0.2, 0) is 16.0 Å². The summed E-state index contributed by atoms with van der Waals surface area (Å²) in [6, 6.07) is 7.89.